The fraction of sp³-hybridized carbons (Fsp3) is 0.500. The minimum Gasteiger partial charge on any atom is -0.494 e. The Hall–Kier alpha value is -1.20. The third-order valence-corrected chi connectivity index (χ3v) is 3.62. The number of benzene rings is 1. The number of amides is 1. The molecule has 19 heavy (non-hydrogen) atoms. The van der Waals surface area contributed by atoms with Gasteiger partial charge in [0, 0.05) is 25.0 Å². The molecular weight excluding hydrogens is 260 g/mol. The number of nitrogens with one attached hydrogen (secondary N) is 1. The Morgan fingerprint density at radius 3 is 2.63 bits per heavy atom. The zero-order valence-corrected chi connectivity index (χ0v) is 12.6. The molecule has 0 radical (unpaired) electrons. The number of ether oxygens (including phenoxy) is 1. The smallest absolute Gasteiger partial charge is 0.232 e. The topological polar surface area (TPSA) is 41.6 Å². The van der Waals surface area contributed by atoms with Crippen LogP contribution in [0.15, 0.2) is 29.2 Å². The summed E-state index contributed by atoms with van der Waals surface area (Å²) in [6.07, 6.45) is 0. The van der Waals surface area contributed by atoms with E-state index in [4.69, 9.17) is 4.74 Å². The Morgan fingerprint density at radius 1 is 1.37 bits per heavy atom. The van der Waals surface area contributed by atoms with Gasteiger partial charge >= 0.3 is 0 Å². The summed E-state index contributed by atoms with van der Waals surface area (Å²) in [6.45, 7) is 4.18. The molecule has 5 heteroatoms. The lowest BCUT2D eigenvalue weighted by Crippen LogP contribution is -2.33. The molecule has 1 rings (SSSR count). The molecular formula is C14H22N2O2S. The number of hydrogen-bond donors (Lipinski definition) is 1. The first-order chi connectivity index (χ1) is 9.17. The lowest BCUT2D eigenvalue weighted by Gasteiger charge is -2.16. The van der Waals surface area contributed by atoms with E-state index < -0.39 is 0 Å². The van der Waals surface area contributed by atoms with Crippen LogP contribution in [0.5, 0.6) is 5.75 Å². The molecule has 0 unspecified atom stereocenters. The van der Waals surface area contributed by atoms with E-state index in [0.717, 1.165) is 23.7 Å². The first kappa shape index (κ1) is 15.9. The molecule has 0 bridgehead atoms. The van der Waals surface area contributed by atoms with Crippen molar-refractivity contribution in [2.75, 3.05) is 39.5 Å². The summed E-state index contributed by atoms with van der Waals surface area (Å²) in [7, 11) is 3.71. The van der Waals surface area contributed by atoms with Gasteiger partial charge in [0.25, 0.3) is 0 Å². The lowest BCUT2D eigenvalue weighted by atomic mass is 10.3. The van der Waals surface area contributed by atoms with Crippen molar-refractivity contribution in [3.8, 4) is 5.75 Å². The van der Waals surface area contributed by atoms with Gasteiger partial charge in [-0.3, -0.25) is 4.79 Å². The van der Waals surface area contributed by atoms with Crippen molar-refractivity contribution in [2.24, 2.45) is 0 Å². The van der Waals surface area contributed by atoms with Crippen LogP contribution in [0.25, 0.3) is 0 Å². The molecule has 0 aliphatic carbocycles. The molecule has 0 saturated heterocycles. The molecule has 0 aromatic heterocycles. The van der Waals surface area contributed by atoms with Gasteiger partial charge < -0.3 is 15.0 Å². The first-order valence-electron chi connectivity index (χ1n) is 6.41. The van der Waals surface area contributed by atoms with Crippen molar-refractivity contribution in [1.82, 2.24) is 10.2 Å². The fourth-order valence-electron chi connectivity index (χ4n) is 1.46. The highest BCUT2D eigenvalue weighted by Crippen LogP contribution is 2.21. The van der Waals surface area contributed by atoms with E-state index in [1.54, 1.807) is 16.7 Å². The lowest BCUT2D eigenvalue weighted by molar-refractivity contribution is -0.127. The zero-order chi connectivity index (χ0) is 14.1. The second-order valence-electron chi connectivity index (χ2n) is 4.11. The number of hydrogen-bond acceptors (Lipinski definition) is 4. The average molecular weight is 282 g/mol. The van der Waals surface area contributed by atoms with E-state index >= 15 is 0 Å². The minimum atomic E-state index is 0.147. The van der Waals surface area contributed by atoms with Gasteiger partial charge in [-0.1, -0.05) is 0 Å². The molecule has 0 spiro atoms. The number of likely N-dealkylation sites (N-methyl/N-ethyl adjacent to an activating group) is 2. The standard InChI is InChI=1S/C14H22N2O2S/c1-4-18-12-5-7-13(8-6-12)19-11-14(17)16(3)10-9-15-2/h5-8,15H,4,9-11H2,1-3H3. The Balaban J connectivity index is 2.37. The van der Waals surface area contributed by atoms with Crippen LogP contribution >= 0.6 is 11.8 Å². The van der Waals surface area contributed by atoms with Crippen LogP contribution < -0.4 is 10.1 Å². The Labute approximate surface area is 119 Å². The molecule has 0 atom stereocenters. The number of carbonyl (C=O) groups excluding carboxylic acids is 1. The summed E-state index contributed by atoms with van der Waals surface area (Å²) >= 11 is 1.55. The highest BCUT2D eigenvalue weighted by molar-refractivity contribution is 8.00. The highest BCUT2D eigenvalue weighted by atomic mass is 32.2. The summed E-state index contributed by atoms with van der Waals surface area (Å²) in [5.74, 6) is 1.48. The van der Waals surface area contributed by atoms with E-state index in [0.29, 0.717) is 12.4 Å². The van der Waals surface area contributed by atoms with E-state index in [9.17, 15) is 4.79 Å². The number of carbonyl (C=O) groups is 1. The van der Waals surface area contributed by atoms with Crippen molar-refractivity contribution >= 4 is 17.7 Å². The molecule has 0 saturated carbocycles. The molecule has 1 N–H and O–H groups in total. The van der Waals surface area contributed by atoms with Crippen molar-refractivity contribution in [1.29, 1.82) is 0 Å². The Bertz CT molecular complexity index is 382. The zero-order valence-electron chi connectivity index (χ0n) is 11.8. The third-order valence-electron chi connectivity index (χ3n) is 2.62. The normalized spacial score (nSPS) is 10.3. The van der Waals surface area contributed by atoms with E-state index in [1.807, 2.05) is 45.3 Å². The van der Waals surface area contributed by atoms with Gasteiger partial charge in [0.15, 0.2) is 0 Å². The summed E-state index contributed by atoms with van der Waals surface area (Å²) in [6, 6.07) is 7.83. The molecule has 0 aliphatic heterocycles. The number of rotatable bonds is 8. The minimum absolute atomic E-state index is 0.147. The van der Waals surface area contributed by atoms with Crippen LogP contribution in [0.1, 0.15) is 6.92 Å². The van der Waals surface area contributed by atoms with Crippen LogP contribution in [0.4, 0.5) is 0 Å². The molecule has 1 aromatic carbocycles. The maximum absolute atomic E-state index is 11.8. The molecule has 1 aromatic rings. The van der Waals surface area contributed by atoms with Gasteiger partial charge in [0.1, 0.15) is 5.75 Å². The van der Waals surface area contributed by atoms with E-state index in [-0.39, 0.29) is 5.91 Å². The summed E-state index contributed by atoms with van der Waals surface area (Å²) in [4.78, 5) is 14.7. The summed E-state index contributed by atoms with van der Waals surface area (Å²) < 4.78 is 5.38. The summed E-state index contributed by atoms with van der Waals surface area (Å²) in [5.41, 5.74) is 0. The highest BCUT2D eigenvalue weighted by Gasteiger charge is 2.08. The molecule has 0 fully saturated rings. The quantitative estimate of drug-likeness (QED) is 0.739. The van der Waals surface area contributed by atoms with Crippen LogP contribution in [0.3, 0.4) is 0 Å². The molecule has 0 aliphatic rings. The fourth-order valence-corrected chi connectivity index (χ4v) is 2.30. The van der Waals surface area contributed by atoms with Crippen LogP contribution in [-0.2, 0) is 4.79 Å². The predicted octanol–water partition coefficient (Wildman–Crippen LogP) is 1.86. The molecule has 106 valence electrons. The average Bonchev–Trinajstić information content (AvgIpc) is 2.44. The van der Waals surface area contributed by atoms with Gasteiger partial charge in [-0.25, -0.2) is 0 Å². The predicted molar refractivity (Wildman–Crippen MR) is 79.9 cm³/mol. The van der Waals surface area contributed by atoms with Crippen molar-refractivity contribution < 1.29 is 9.53 Å². The van der Waals surface area contributed by atoms with Gasteiger partial charge in [-0.05, 0) is 38.2 Å². The third kappa shape index (κ3) is 5.98. The molecule has 0 heterocycles. The van der Waals surface area contributed by atoms with Crippen molar-refractivity contribution in [3.05, 3.63) is 24.3 Å². The molecule has 1 amide bonds. The largest absolute Gasteiger partial charge is 0.494 e. The summed E-state index contributed by atoms with van der Waals surface area (Å²) in [5, 5.41) is 3.03. The van der Waals surface area contributed by atoms with Gasteiger partial charge in [0.2, 0.25) is 5.91 Å². The second-order valence-corrected chi connectivity index (χ2v) is 5.16. The maximum atomic E-state index is 11.8. The van der Waals surface area contributed by atoms with E-state index in [1.165, 1.54) is 0 Å². The monoisotopic (exact) mass is 282 g/mol. The van der Waals surface area contributed by atoms with Gasteiger partial charge in [-0.15, -0.1) is 11.8 Å². The Morgan fingerprint density at radius 2 is 2.05 bits per heavy atom. The first-order valence-corrected chi connectivity index (χ1v) is 7.40. The van der Waals surface area contributed by atoms with Crippen LogP contribution in [0.2, 0.25) is 0 Å². The van der Waals surface area contributed by atoms with Crippen molar-refractivity contribution in [2.45, 2.75) is 11.8 Å². The molecule has 4 nitrogen and oxygen atoms in total. The van der Waals surface area contributed by atoms with Gasteiger partial charge in [0.05, 0.1) is 12.4 Å². The van der Waals surface area contributed by atoms with Gasteiger partial charge in [-0.2, -0.15) is 0 Å². The van der Waals surface area contributed by atoms with Crippen molar-refractivity contribution in [3.63, 3.8) is 0 Å². The SMILES string of the molecule is CCOc1ccc(SCC(=O)N(C)CCNC)cc1. The number of nitrogens with zero attached hydrogens (tertiary/aromatic N) is 1. The number of thioether (sulfide) groups is 1. The van der Waals surface area contributed by atoms with E-state index in [2.05, 4.69) is 5.32 Å². The van der Waals surface area contributed by atoms with Crippen LogP contribution in [0, 0.1) is 0 Å². The van der Waals surface area contributed by atoms with Crippen LogP contribution in [-0.4, -0.2) is 50.4 Å². The Kier molecular flexibility index (Phi) is 7.36. The second kappa shape index (κ2) is 8.82. The maximum Gasteiger partial charge on any atom is 0.232 e.